The number of benzene rings is 2. The lowest BCUT2D eigenvalue weighted by Crippen LogP contribution is -2.46. The second-order valence-corrected chi connectivity index (χ2v) is 6.97. The lowest BCUT2D eigenvalue weighted by molar-refractivity contribution is -0.151. The lowest BCUT2D eigenvalue weighted by atomic mass is 10.0. The van der Waals surface area contributed by atoms with Crippen LogP contribution in [0.5, 0.6) is 0 Å². The van der Waals surface area contributed by atoms with Gasteiger partial charge < -0.3 is 15.4 Å². The smallest absolute Gasteiger partial charge is 0.329 e. The molecular weight excluding hydrogens is 356 g/mol. The summed E-state index contributed by atoms with van der Waals surface area (Å²) in [5.41, 5.74) is 2.56. The van der Waals surface area contributed by atoms with E-state index >= 15 is 0 Å². The topological polar surface area (TPSA) is 84.5 Å². The molecule has 0 spiro atoms. The monoisotopic (exact) mass is 382 g/mol. The van der Waals surface area contributed by atoms with Crippen molar-refractivity contribution in [2.75, 3.05) is 11.9 Å². The molecule has 148 valence electrons. The number of hydrogen-bond donors (Lipinski definition) is 2. The number of carbonyl (C=O) groups excluding carboxylic acids is 3. The third kappa shape index (κ3) is 6.87. The number of amides is 2. The molecule has 2 amide bonds. The maximum Gasteiger partial charge on any atom is 0.329 e. The molecule has 28 heavy (non-hydrogen) atoms. The fourth-order valence-corrected chi connectivity index (χ4v) is 2.56. The maximum atomic E-state index is 12.4. The van der Waals surface area contributed by atoms with E-state index in [0.29, 0.717) is 5.69 Å². The van der Waals surface area contributed by atoms with E-state index in [0.717, 1.165) is 11.1 Å². The van der Waals surface area contributed by atoms with Crippen LogP contribution in [0.1, 0.15) is 25.0 Å². The summed E-state index contributed by atoms with van der Waals surface area (Å²) < 4.78 is 5.11. The average molecular weight is 382 g/mol. The Morgan fingerprint density at radius 3 is 2.18 bits per heavy atom. The third-order valence-corrected chi connectivity index (χ3v) is 4.13. The van der Waals surface area contributed by atoms with Gasteiger partial charge in [0, 0.05) is 5.69 Å². The highest BCUT2D eigenvalue weighted by atomic mass is 16.5. The molecule has 6 heteroatoms. The minimum atomic E-state index is -0.816. The lowest BCUT2D eigenvalue weighted by Gasteiger charge is -2.20. The Balaban J connectivity index is 1.85. The number of nitrogens with one attached hydrogen (secondary N) is 2. The normalized spacial score (nSPS) is 11.6. The molecule has 1 atom stereocenters. The van der Waals surface area contributed by atoms with Crippen LogP contribution in [0.4, 0.5) is 5.69 Å². The fourth-order valence-electron chi connectivity index (χ4n) is 2.56. The van der Waals surface area contributed by atoms with Gasteiger partial charge in [-0.25, -0.2) is 4.79 Å². The van der Waals surface area contributed by atoms with Crippen molar-refractivity contribution >= 4 is 23.5 Å². The molecule has 0 fully saturated rings. The molecule has 2 aromatic carbocycles. The van der Waals surface area contributed by atoms with Crippen LogP contribution < -0.4 is 10.6 Å². The van der Waals surface area contributed by atoms with E-state index in [2.05, 4.69) is 10.6 Å². The van der Waals surface area contributed by atoms with Gasteiger partial charge in [-0.05, 0) is 30.5 Å². The van der Waals surface area contributed by atoms with Crippen molar-refractivity contribution in [3.8, 4) is 0 Å². The van der Waals surface area contributed by atoms with Crippen molar-refractivity contribution < 1.29 is 19.1 Å². The molecule has 2 aromatic rings. The number of ether oxygens (including phenoxy) is 1. The van der Waals surface area contributed by atoms with Crippen LogP contribution in [0.15, 0.2) is 54.6 Å². The number of carbonyl (C=O) groups is 3. The first-order valence-corrected chi connectivity index (χ1v) is 9.21. The second kappa shape index (κ2) is 10.3. The van der Waals surface area contributed by atoms with E-state index in [1.54, 1.807) is 26.0 Å². The third-order valence-electron chi connectivity index (χ3n) is 4.13. The van der Waals surface area contributed by atoms with Crippen LogP contribution in [0.3, 0.4) is 0 Å². The number of anilines is 1. The summed E-state index contributed by atoms with van der Waals surface area (Å²) in [4.78, 5) is 36.6. The molecule has 0 heterocycles. The Morgan fingerprint density at radius 1 is 0.929 bits per heavy atom. The summed E-state index contributed by atoms with van der Waals surface area (Å²) >= 11 is 0. The molecule has 0 aromatic heterocycles. The number of rotatable bonds is 8. The summed E-state index contributed by atoms with van der Waals surface area (Å²) in [6.45, 7) is 5.15. The highest BCUT2D eigenvalue weighted by Crippen LogP contribution is 2.09. The van der Waals surface area contributed by atoms with Gasteiger partial charge in [0.1, 0.15) is 6.04 Å². The van der Waals surface area contributed by atoms with E-state index in [4.69, 9.17) is 4.74 Å². The zero-order chi connectivity index (χ0) is 20.5. The molecule has 0 radical (unpaired) electrons. The first-order valence-electron chi connectivity index (χ1n) is 9.21. The molecule has 2 rings (SSSR count). The van der Waals surface area contributed by atoms with Crippen LogP contribution in [-0.4, -0.2) is 30.4 Å². The van der Waals surface area contributed by atoms with Crippen molar-refractivity contribution in [1.82, 2.24) is 5.32 Å². The van der Waals surface area contributed by atoms with Gasteiger partial charge >= 0.3 is 5.97 Å². The first-order chi connectivity index (χ1) is 13.3. The van der Waals surface area contributed by atoms with Crippen molar-refractivity contribution in [3.05, 3.63) is 65.7 Å². The minimum Gasteiger partial charge on any atom is -0.454 e. The van der Waals surface area contributed by atoms with Crippen molar-refractivity contribution in [2.45, 2.75) is 33.2 Å². The molecule has 0 bridgehead atoms. The standard InChI is InChI=1S/C22H26N2O4/c1-15(2)21(24-19(25)13-17-7-5-4-6-8-17)22(27)28-14-20(26)23-18-11-9-16(3)10-12-18/h4-12,15,21H,13-14H2,1-3H3,(H,23,26)(H,24,25)/t21-/m0/s1. The molecular formula is C22H26N2O4. The van der Waals surface area contributed by atoms with E-state index in [1.807, 2.05) is 49.4 Å². The van der Waals surface area contributed by atoms with Gasteiger partial charge in [-0.2, -0.15) is 0 Å². The fraction of sp³-hybridized carbons (Fsp3) is 0.318. The van der Waals surface area contributed by atoms with Crippen LogP contribution in [0.25, 0.3) is 0 Å². The Labute approximate surface area is 165 Å². The first kappa shape index (κ1) is 21.2. The summed E-state index contributed by atoms with van der Waals surface area (Å²) in [5, 5.41) is 5.36. The molecule has 6 nitrogen and oxygen atoms in total. The van der Waals surface area contributed by atoms with Crippen molar-refractivity contribution in [1.29, 1.82) is 0 Å². The Bertz CT molecular complexity index is 801. The zero-order valence-corrected chi connectivity index (χ0v) is 16.4. The zero-order valence-electron chi connectivity index (χ0n) is 16.4. The predicted octanol–water partition coefficient (Wildman–Crippen LogP) is 2.86. The largest absolute Gasteiger partial charge is 0.454 e. The molecule has 0 aliphatic heterocycles. The van der Waals surface area contributed by atoms with Gasteiger partial charge in [0.2, 0.25) is 5.91 Å². The molecule has 2 N–H and O–H groups in total. The van der Waals surface area contributed by atoms with Crippen molar-refractivity contribution in [3.63, 3.8) is 0 Å². The second-order valence-electron chi connectivity index (χ2n) is 6.97. The number of esters is 1. The average Bonchev–Trinajstić information content (AvgIpc) is 2.66. The van der Waals surface area contributed by atoms with Crippen LogP contribution in [-0.2, 0) is 25.5 Å². The molecule has 0 aliphatic rings. The summed E-state index contributed by atoms with van der Waals surface area (Å²) in [5.74, 6) is -1.51. The van der Waals surface area contributed by atoms with Crippen LogP contribution in [0, 0.1) is 12.8 Å². The molecule has 0 saturated carbocycles. The summed E-state index contributed by atoms with van der Waals surface area (Å²) in [6.07, 6.45) is 0.172. The van der Waals surface area contributed by atoms with Gasteiger partial charge in [0.05, 0.1) is 6.42 Å². The predicted molar refractivity (Wildman–Crippen MR) is 108 cm³/mol. The van der Waals surface area contributed by atoms with E-state index < -0.39 is 24.5 Å². The molecule has 0 unspecified atom stereocenters. The number of hydrogen-bond acceptors (Lipinski definition) is 4. The molecule has 0 aliphatic carbocycles. The van der Waals surface area contributed by atoms with Crippen molar-refractivity contribution in [2.24, 2.45) is 5.92 Å². The van der Waals surface area contributed by atoms with Gasteiger partial charge in [0.25, 0.3) is 5.91 Å². The Morgan fingerprint density at radius 2 is 1.57 bits per heavy atom. The maximum absolute atomic E-state index is 12.4. The quantitative estimate of drug-likeness (QED) is 0.688. The summed E-state index contributed by atoms with van der Waals surface area (Å²) in [6, 6.07) is 15.7. The Kier molecular flexibility index (Phi) is 7.75. The SMILES string of the molecule is Cc1ccc(NC(=O)COC(=O)[C@@H](NC(=O)Cc2ccccc2)C(C)C)cc1. The van der Waals surface area contributed by atoms with Crippen LogP contribution in [0.2, 0.25) is 0 Å². The molecule has 0 saturated heterocycles. The van der Waals surface area contributed by atoms with Gasteiger partial charge in [0.15, 0.2) is 6.61 Å². The van der Waals surface area contributed by atoms with Crippen LogP contribution >= 0.6 is 0 Å². The minimum absolute atomic E-state index is 0.172. The van der Waals surface area contributed by atoms with Gasteiger partial charge in [-0.1, -0.05) is 61.9 Å². The van der Waals surface area contributed by atoms with E-state index in [1.165, 1.54) is 0 Å². The Hall–Kier alpha value is -3.15. The number of aryl methyl sites for hydroxylation is 1. The van der Waals surface area contributed by atoms with Gasteiger partial charge in [-0.15, -0.1) is 0 Å². The van der Waals surface area contributed by atoms with Gasteiger partial charge in [-0.3, -0.25) is 9.59 Å². The highest BCUT2D eigenvalue weighted by Gasteiger charge is 2.26. The van der Waals surface area contributed by atoms with E-state index in [-0.39, 0.29) is 18.2 Å². The van der Waals surface area contributed by atoms with E-state index in [9.17, 15) is 14.4 Å². The summed E-state index contributed by atoms with van der Waals surface area (Å²) in [7, 11) is 0. The highest BCUT2D eigenvalue weighted by molar-refractivity contribution is 5.93.